The zero-order valence-electron chi connectivity index (χ0n) is 14.6. The smallest absolute Gasteiger partial charge is 0.341 e. The Balaban J connectivity index is 1.74. The van der Waals surface area contributed by atoms with Crippen LogP contribution in [-0.4, -0.2) is 41.3 Å². The van der Waals surface area contributed by atoms with E-state index in [1.165, 1.54) is 12.1 Å². The van der Waals surface area contributed by atoms with Gasteiger partial charge in [0.05, 0.1) is 9.80 Å². The molecule has 2 N–H and O–H groups in total. The maximum Gasteiger partial charge on any atom is 0.341 e. The van der Waals surface area contributed by atoms with E-state index < -0.39 is 28.5 Å². The second-order valence-electron chi connectivity index (χ2n) is 5.68. The van der Waals surface area contributed by atoms with Crippen molar-refractivity contribution in [3.8, 4) is 5.75 Å². The molecule has 1 saturated heterocycles. The number of carboxylic acid groups (broad SMARTS) is 1. The van der Waals surface area contributed by atoms with Crippen LogP contribution in [0.4, 0.5) is 0 Å². The summed E-state index contributed by atoms with van der Waals surface area (Å²) < 4.78 is 30.0. The van der Waals surface area contributed by atoms with Crippen molar-refractivity contribution >= 4 is 56.3 Å². The molecule has 11 heteroatoms. The number of ether oxygens (including phenoxy) is 1. The third-order valence-electron chi connectivity index (χ3n) is 3.60. The van der Waals surface area contributed by atoms with Crippen molar-refractivity contribution in [3.05, 3.63) is 65.1 Å². The van der Waals surface area contributed by atoms with Crippen molar-refractivity contribution in [2.75, 3.05) is 6.61 Å². The van der Waals surface area contributed by atoms with E-state index in [2.05, 4.69) is 4.83 Å². The summed E-state index contributed by atoms with van der Waals surface area (Å²) in [5.74, 6) is -1.31. The van der Waals surface area contributed by atoms with E-state index in [4.69, 9.17) is 22.1 Å². The number of amides is 1. The molecule has 0 unspecified atom stereocenters. The number of carbonyl (C=O) groups is 2. The first kappa shape index (κ1) is 21.0. The number of aliphatic carboxylic acids is 1. The van der Waals surface area contributed by atoms with Gasteiger partial charge in [-0.3, -0.25) is 4.79 Å². The standard InChI is InChI=1S/C18H14N2O6S3/c21-16(22)11-26-13-8-6-12(7-9-13)10-15-17(23)20(18(27)28-15)19-29(24,25)14-4-2-1-3-5-14/h1-10,19H,11H2,(H,21,22)/b15-10+. The molecule has 150 valence electrons. The van der Waals surface area contributed by atoms with Gasteiger partial charge in [0.25, 0.3) is 15.9 Å². The molecule has 1 aliphatic rings. The van der Waals surface area contributed by atoms with Crippen molar-refractivity contribution in [2.45, 2.75) is 4.90 Å². The number of carboxylic acids is 1. The van der Waals surface area contributed by atoms with E-state index in [1.807, 2.05) is 0 Å². The number of nitrogens with one attached hydrogen (secondary N) is 1. The highest BCUT2D eigenvalue weighted by Gasteiger charge is 2.35. The lowest BCUT2D eigenvalue weighted by molar-refractivity contribution is -0.139. The first-order chi connectivity index (χ1) is 13.8. The molecular formula is C18H14N2O6S3. The van der Waals surface area contributed by atoms with Crippen molar-refractivity contribution in [3.63, 3.8) is 0 Å². The Hall–Kier alpha value is -2.73. The van der Waals surface area contributed by atoms with Crippen LogP contribution in [0, 0.1) is 0 Å². The van der Waals surface area contributed by atoms with Crippen LogP contribution < -0.4 is 9.57 Å². The SMILES string of the molecule is O=C(O)COc1ccc(/C=C2/SC(=S)N(NS(=O)(=O)c3ccccc3)C2=O)cc1. The van der Waals surface area contributed by atoms with Gasteiger partial charge in [0.15, 0.2) is 10.9 Å². The minimum absolute atomic E-state index is 0.00924. The minimum Gasteiger partial charge on any atom is -0.482 e. The summed E-state index contributed by atoms with van der Waals surface area (Å²) >= 11 is 6.10. The summed E-state index contributed by atoms with van der Waals surface area (Å²) in [6.07, 6.45) is 1.55. The summed E-state index contributed by atoms with van der Waals surface area (Å²) in [5.41, 5.74) is 0.638. The zero-order valence-corrected chi connectivity index (χ0v) is 17.1. The first-order valence-corrected chi connectivity index (χ1v) is 10.8. The predicted molar refractivity (Wildman–Crippen MR) is 111 cm³/mol. The van der Waals surface area contributed by atoms with E-state index >= 15 is 0 Å². The highest BCUT2D eigenvalue weighted by atomic mass is 32.2. The highest BCUT2D eigenvalue weighted by molar-refractivity contribution is 8.26. The van der Waals surface area contributed by atoms with E-state index in [0.29, 0.717) is 11.3 Å². The van der Waals surface area contributed by atoms with Gasteiger partial charge in [-0.15, -0.1) is 4.83 Å². The lowest BCUT2D eigenvalue weighted by Crippen LogP contribution is -2.44. The Morgan fingerprint density at radius 2 is 1.83 bits per heavy atom. The third-order valence-corrected chi connectivity index (χ3v) is 6.22. The number of hydrogen-bond donors (Lipinski definition) is 2. The summed E-state index contributed by atoms with van der Waals surface area (Å²) in [4.78, 5) is 25.6. The summed E-state index contributed by atoms with van der Waals surface area (Å²) in [5, 5.41) is 9.43. The molecule has 29 heavy (non-hydrogen) atoms. The van der Waals surface area contributed by atoms with Gasteiger partial charge in [0, 0.05) is 0 Å². The Morgan fingerprint density at radius 1 is 1.17 bits per heavy atom. The molecule has 0 radical (unpaired) electrons. The van der Waals surface area contributed by atoms with Gasteiger partial charge in [-0.25, -0.2) is 18.2 Å². The van der Waals surface area contributed by atoms with E-state index in [9.17, 15) is 18.0 Å². The monoisotopic (exact) mass is 450 g/mol. The van der Waals surface area contributed by atoms with Crippen LogP contribution in [0.3, 0.4) is 0 Å². The van der Waals surface area contributed by atoms with Gasteiger partial charge in [0.2, 0.25) is 0 Å². The zero-order chi connectivity index (χ0) is 21.0. The molecule has 1 aliphatic heterocycles. The lowest BCUT2D eigenvalue weighted by atomic mass is 10.2. The molecule has 0 aliphatic carbocycles. The van der Waals surface area contributed by atoms with E-state index in [1.54, 1.807) is 48.5 Å². The van der Waals surface area contributed by atoms with Crippen LogP contribution in [0.25, 0.3) is 6.08 Å². The van der Waals surface area contributed by atoms with Crippen LogP contribution >= 0.6 is 24.0 Å². The average Bonchev–Trinajstić information content (AvgIpc) is 2.95. The van der Waals surface area contributed by atoms with Crippen LogP contribution in [0.5, 0.6) is 5.75 Å². The topological polar surface area (TPSA) is 113 Å². The predicted octanol–water partition coefficient (Wildman–Crippen LogP) is 2.24. The Kier molecular flexibility index (Phi) is 6.33. The highest BCUT2D eigenvalue weighted by Crippen LogP contribution is 2.32. The molecule has 1 heterocycles. The molecule has 3 rings (SSSR count). The Labute approximate surface area is 176 Å². The van der Waals surface area contributed by atoms with Crippen molar-refractivity contribution in [1.82, 2.24) is 9.84 Å². The molecular weight excluding hydrogens is 436 g/mol. The first-order valence-electron chi connectivity index (χ1n) is 8.06. The molecule has 0 aromatic heterocycles. The number of rotatable bonds is 7. The van der Waals surface area contributed by atoms with Gasteiger partial charge in [-0.2, -0.15) is 0 Å². The van der Waals surface area contributed by atoms with Gasteiger partial charge < -0.3 is 9.84 Å². The second-order valence-corrected chi connectivity index (χ2v) is 9.01. The minimum atomic E-state index is -3.96. The Morgan fingerprint density at radius 3 is 2.45 bits per heavy atom. The van der Waals surface area contributed by atoms with Gasteiger partial charge in [-0.05, 0) is 35.9 Å². The summed E-state index contributed by atoms with van der Waals surface area (Å²) in [6.45, 7) is -0.459. The van der Waals surface area contributed by atoms with E-state index in [-0.39, 0.29) is 14.1 Å². The average molecular weight is 451 g/mol. The lowest BCUT2D eigenvalue weighted by Gasteiger charge is -2.15. The molecule has 0 atom stereocenters. The molecule has 8 nitrogen and oxygen atoms in total. The number of thioether (sulfide) groups is 1. The normalized spacial score (nSPS) is 15.7. The summed E-state index contributed by atoms with van der Waals surface area (Å²) in [7, 11) is -3.96. The maximum absolute atomic E-state index is 12.6. The molecule has 1 fully saturated rings. The number of hydrazine groups is 1. The van der Waals surface area contributed by atoms with Gasteiger partial charge in [-0.1, -0.05) is 54.3 Å². The van der Waals surface area contributed by atoms with Crippen LogP contribution in [0.1, 0.15) is 5.56 Å². The fourth-order valence-electron chi connectivity index (χ4n) is 2.28. The molecule has 0 spiro atoms. The fourth-order valence-corrected chi connectivity index (χ4v) is 4.61. The molecule has 0 saturated carbocycles. The maximum atomic E-state index is 12.6. The number of carbonyl (C=O) groups excluding carboxylic acids is 1. The van der Waals surface area contributed by atoms with Crippen molar-refractivity contribution < 1.29 is 27.9 Å². The molecule has 1 amide bonds. The number of thiocarbonyl (C=S) groups is 1. The van der Waals surface area contributed by atoms with Crippen LogP contribution in [0.15, 0.2) is 64.4 Å². The van der Waals surface area contributed by atoms with Gasteiger partial charge >= 0.3 is 5.97 Å². The largest absolute Gasteiger partial charge is 0.482 e. The Bertz CT molecular complexity index is 1080. The molecule has 2 aromatic rings. The van der Waals surface area contributed by atoms with Gasteiger partial charge in [0.1, 0.15) is 5.75 Å². The van der Waals surface area contributed by atoms with Crippen molar-refractivity contribution in [2.24, 2.45) is 0 Å². The number of sulfonamides is 1. The number of hydrogen-bond acceptors (Lipinski definition) is 7. The molecule has 2 aromatic carbocycles. The van der Waals surface area contributed by atoms with Crippen LogP contribution in [-0.2, 0) is 19.6 Å². The van der Waals surface area contributed by atoms with Crippen molar-refractivity contribution in [1.29, 1.82) is 0 Å². The van der Waals surface area contributed by atoms with Crippen LogP contribution in [0.2, 0.25) is 0 Å². The third kappa shape index (κ3) is 5.21. The number of nitrogens with zero attached hydrogens (tertiary/aromatic N) is 1. The second kappa shape index (κ2) is 8.74. The summed E-state index contributed by atoms with van der Waals surface area (Å²) in [6, 6.07) is 14.0. The fraction of sp³-hybridized carbons (Fsp3) is 0.0556. The molecule has 0 bridgehead atoms. The number of benzene rings is 2. The van der Waals surface area contributed by atoms with E-state index in [0.717, 1.165) is 16.8 Å². The quantitative estimate of drug-likeness (QED) is 0.488.